The van der Waals surface area contributed by atoms with Gasteiger partial charge in [0.05, 0.1) is 5.92 Å². The normalized spacial score (nSPS) is 12.1. The highest BCUT2D eigenvalue weighted by Gasteiger charge is 2.39. The van der Waals surface area contributed by atoms with Gasteiger partial charge in [-0.25, -0.2) is 0 Å². The van der Waals surface area contributed by atoms with Crippen molar-refractivity contribution in [1.29, 1.82) is 0 Å². The number of ketones is 1. The van der Waals surface area contributed by atoms with E-state index in [1.165, 1.54) is 0 Å². The van der Waals surface area contributed by atoms with Crippen LogP contribution in [-0.4, -0.2) is 12.0 Å². The number of carbonyl (C=O) groups excluding carboxylic acids is 1. The van der Waals surface area contributed by atoms with Crippen LogP contribution < -0.4 is 0 Å². The van der Waals surface area contributed by atoms with Gasteiger partial charge in [-0.05, 0) is 17.5 Å². The number of hydrogen-bond acceptors (Lipinski definition) is 1. The van der Waals surface area contributed by atoms with E-state index in [0.717, 1.165) is 12.0 Å². The zero-order valence-electron chi connectivity index (χ0n) is 13.0. The van der Waals surface area contributed by atoms with Gasteiger partial charge in [-0.2, -0.15) is 13.2 Å². The summed E-state index contributed by atoms with van der Waals surface area (Å²) in [5, 5.41) is 0. The fourth-order valence-electron chi connectivity index (χ4n) is 2.29. The van der Waals surface area contributed by atoms with Crippen molar-refractivity contribution in [2.24, 2.45) is 0 Å². The maximum absolute atomic E-state index is 12.5. The zero-order chi connectivity index (χ0) is 17.4. The number of benzene rings is 2. The average molecular weight is 330 g/mol. The Morgan fingerprint density at radius 1 is 0.958 bits per heavy atom. The highest BCUT2D eigenvalue weighted by Crippen LogP contribution is 2.26. The number of aryl methyl sites for hydroxylation is 1. The summed E-state index contributed by atoms with van der Waals surface area (Å²) < 4.78 is 37.6. The van der Waals surface area contributed by atoms with Crippen molar-refractivity contribution in [3.05, 3.63) is 71.8 Å². The van der Waals surface area contributed by atoms with E-state index in [1.807, 2.05) is 30.3 Å². The Balaban J connectivity index is 2.06. The first-order valence-corrected chi connectivity index (χ1v) is 7.64. The number of carbonyl (C=O) groups is 1. The molecule has 2 rings (SSSR count). The number of rotatable bonds is 5. The molecule has 0 aliphatic rings. The van der Waals surface area contributed by atoms with Crippen LogP contribution in [0, 0.1) is 11.8 Å². The number of Topliss-reactive ketones (excluding diaryl/α,β-unsaturated/α-hetero) is 1. The molecule has 0 unspecified atom stereocenters. The van der Waals surface area contributed by atoms with Gasteiger partial charge in [0.15, 0.2) is 0 Å². The molecule has 1 nitrogen and oxygen atoms in total. The lowest BCUT2D eigenvalue weighted by Crippen LogP contribution is -2.24. The van der Waals surface area contributed by atoms with Gasteiger partial charge >= 0.3 is 6.18 Å². The van der Waals surface area contributed by atoms with Crippen molar-refractivity contribution in [3.63, 3.8) is 0 Å². The fourth-order valence-corrected chi connectivity index (χ4v) is 2.29. The Hall–Kier alpha value is -2.54. The summed E-state index contributed by atoms with van der Waals surface area (Å²) in [5.41, 5.74) is 1.75. The molecule has 2 aromatic rings. The molecule has 0 N–H and O–H groups in total. The van der Waals surface area contributed by atoms with E-state index in [2.05, 4.69) is 11.8 Å². The first-order chi connectivity index (χ1) is 11.5. The predicted octanol–water partition coefficient (Wildman–Crippen LogP) is 4.93. The fraction of sp³-hybridized carbons (Fsp3) is 0.250. The average Bonchev–Trinajstić information content (AvgIpc) is 2.58. The summed E-state index contributed by atoms with van der Waals surface area (Å²) >= 11 is 0. The van der Waals surface area contributed by atoms with E-state index in [1.54, 1.807) is 30.3 Å². The van der Waals surface area contributed by atoms with E-state index < -0.39 is 24.3 Å². The van der Waals surface area contributed by atoms with Crippen LogP contribution in [0.1, 0.15) is 29.9 Å². The van der Waals surface area contributed by atoms with Crippen molar-refractivity contribution in [2.75, 3.05) is 0 Å². The molecule has 124 valence electrons. The van der Waals surface area contributed by atoms with Gasteiger partial charge in [-0.15, -0.1) is 5.92 Å². The highest BCUT2D eigenvalue weighted by molar-refractivity contribution is 5.85. The molecule has 0 radical (unpaired) electrons. The number of halogens is 3. The van der Waals surface area contributed by atoms with E-state index in [-0.39, 0.29) is 0 Å². The molecule has 0 saturated heterocycles. The molecule has 1 atom stereocenters. The molecule has 0 saturated carbocycles. The smallest absolute Gasteiger partial charge is 0.290 e. The molecule has 0 spiro atoms. The molecule has 0 amide bonds. The molecule has 24 heavy (non-hydrogen) atoms. The van der Waals surface area contributed by atoms with Gasteiger partial charge < -0.3 is 0 Å². The van der Waals surface area contributed by atoms with E-state index in [0.29, 0.717) is 12.0 Å². The van der Waals surface area contributed by atoms with Crippen LogP contribution in [0.25, 0.3) is 0 Å². The number of alkyl halides is 3. The minimum atomic E-state index is -4.82. The van der Waals surface area contributed by atoms with E-state index in [4.69, 9.17) is 0 Å². The lowest BCUT2D eigenvalue weighted by Gasteiger charge is -2.12. The van der Waals surface area contributed by atoms with Crippen LogP contribution in [0.2, 0.25) is 0 Å². The Kier molecular flexibility index (Phi) is 6.20. The van der Waals surface area contributed by atoms with Crippen molar-refractivity contribution in [3.8, 4) is 11.8 Å². The second-order valence-corrected chi connectivity index (χ2v) is 5.40. The third kappa shape index (κ3) is 5.58. The van der Waals surface area contributed by atoms with Gasteiger partial charge in [0.25, 0.3) is 0 Å². The largest absolute Gasteiger partial charge is 0.450 e. The summed E-state index contributed by atoms with van der Waals surface area (Å²) in [6, 6.07) is 18.3. The van der Waals surface area contributed by atoms with Crippen LogP contribution in [0.3, 0.4) is 0 Å². The molecule has 4 heteroatoms. The first-order valence-electron chi connectivity index (χ1n) is 7.64. The van der Waals surface area contributed by atoms with Gasteiger partial charge in [-0.3, -0.25) is 4.79 Å². The standard InChI is InChI=1S/C20H17F3O/c21-20(22,23)19(24)15-18(17-12-5-2-6-13-17)14-8-7-11-16-9-3-1-4-10-16/h1-6,9-10,12-13,18H,7,11,15H2/t18-/m1/s1. The molecule has 0 bridgehead atoms. The minimum absolute atomic E-state index is 0.535. The summed E-state index contributed by atoms with van der Waals surface area (Å²) in [7, 11) is 0. The number of hydrogen-bond donors (Lipinski definition) is 0. The molecule has 0 fully saturated rings. The summed E-state index contributed by atoms with van der Waals surface area (Å²) in [6.07, 6.45) is -4.21. The Morgan fingerprint density at radius 3 is 2.12 bits per heavy atom. The third-order valence-electron chi connectivity index (χ3n) is 3.57. The van der Waals surface area contributed by atoms with Crippen LogP contribution in [0.4, 0.5) is 13.2 Å². The SMILES string of the molecule is O=C(C[C@@H](C#CCCc1ccccc1)c1ccccc1)C(F)(F)F. The van der Waals surface area contributed by atoms with Gasteiger partial charge in [0, 0.05) is 12.8 Å². The van der Waals surface area contributed by atoms with Crippen molar-refractivity contribution in [1.82, 2.24) is 0 Å². The Morgan fingerprint density at radius 2 is 1.54 bits per heavy atom. The maximum Gasteiger partial charge on any atom is 0.450 e. The maximum atomic E-state index is 12.5. The van der Waals surface area contributed by atoms with E-state index in [9.17, 15) is 18.0 Å². The molecule has 0 aliphatic heterocycles. The molecular formula is C20H17F3O. The van der Waals surface area contributed by atoms with Crippen LogP contribution in [0.15, 0.2) is 60.7 Å². The second kappa shape index (κ2) is 8.35. The third-order valence-corrected chi connectivity index (χ3v) is 3.57. The molecular weight excluding hydrogens is 313 g/mol. The summed E-state index contributed by atoms with van der Waals surface area (Å²) in [4.78, 5) is 11.3. The lowest BCUT2D eigenvalue weighted by molar-refractivity contribution is -0.171. The van der Waals surface area contributed by atoms with Crippen LogP contribution >= 0.6 is 0 Å². The summed E-state index contributed by atoms with van der Waals surface area (Å²) in [6.45, 7) is 0. The van der Waals surface area contributed by atoms with Crippen molar-refractivity contribution < 1.29 is 18.0 Å². The zero-order valence-corrected chi connectivity index (χ0v) is 13.0. The van der Waals surface area contributed by atoms with Crippen molar-refractivity contribution >= 4 is 5.78 Å². The quantitative estimate of drug-likeness (QED) is 0.711. The monoisotopic (exact) mass is 330 g/mol. The minimum Gasteiger partial charge on any atom is -0.290 e. The molecule has 0 aromatic heterocycles. The molecule has 0 heterocycles. The van der Waals surface area contributed by atoms with Gasteiger partial charge in [0.2, 0.25) is 5.78 Å². The van der Waals surface area contributed by atoms with Crippen LogP contribution in [0.5, 0.6) is 0 Å². The lowest BCUT2D eigenvalue weighted by atomic mass is 9.94. The van der Waals surface area contributed by atoms with Gasteiger partial charge in [-0.1, -0.05) is 66.6 Å². The second-order valence-electron chi connectivity index (χ2n) is 5.40. The molecule has 0 aliphatic carbocycles. The van der Waals surface area contributed by atoms with E-state index >= 15 is 0 Å². The Labute approximate surface area is 139 Å². The van der Waals surface area contributed by atoms with Crippen LogP contribution in [-0.2, 0) is 11.2 Å². The Bertz CT molecular complexity index is 709. The summed E-state index contributed by atoms with van der Waals surface area (Å²) in [5.74, 6) is 3.28. The first kappa shape index (κ1) is 17.8. The molecule has 2 aromatic carbocycles. The van der Waals surface area contributed by atoms with Gasteiger partial charge in [0.1, 0.15) is 0 Å². The topological polar surface area (TPSA) is 17.1 Å². The predicted molar refractivity (Wildman–Crippen MR) is 87.4 cm³/mol. The highest BCUT2D eigenvalue weighted by atomic mass is 19.4. The van der Waals surface area contributed by atoms with Crippen molar-refractivity contribution in [2.45, 2.75) is 31.4 Å².